The Morgan fingerprint density at radius 2 is 2.11 bits per heavy atom. The quantitative estimate of drug-likeness (QED) is 0.641. The van der Waals surface area contributed by atoms with Crippen LogP contribution in [0.15, 0.2) is 12.7 Å². The molecule has 3 heteroatoms. The molecule has 1 atom stereocenters. The van der Waals surface area contributed by atoms with Crippen LogP contribution >= 0.6 is 0 Å². The monoisotopic (exact) mass is 252 g/mol. The third-order valence-corrected chi connectivity index (χ3v) is 3.84. The van der Waals surface area contributed by atoms with E-state index < -0.39 is 0 Å². The highest BCUT2D eigenvalue weighted by atomic mass is 16.2. The van der Waals surface area contributed by atoms with Crippen LogP contribution in [0.4, 0.5) is 0 Å². The van der Waals surface area contributed by atoms with E-state index in [0.717, 1.165) is 32.2 Å². The van der Waals surface area contributed by atoms with E-state index >= 15 is 0 Å². The summed E-state index contributed by atoms with van der Waals surface area (Å²) in [7, 11) is 0. The average molecular weight is 252 g/mol. The van der Waals surface area contributed by atoms with Gasteiger partial charge in [0.1, 0.15) is 0 Å². The molecule has 1 aliphatic carbocycles. The molecule has 1 saturated carbocycles. The smallest absolute Gasteiger partial charge is 0.223 e. The Balaban J connectivity index is 2.39. The molecule has 0 aromatic rings. The number of nitrogens with two attached hydrogens (primary N) is 1. The van der Waals surface area contributed by atoms with Crippen LogP contribution in [0.2, 0.25) is 0 Å². The zero-order valence-corrected chi connectivity index (χ0v) is 11.9. The molecule has 0 heterocycles. The summed E-state index contributed by atoms with van der Waals surface area (Å²) in [5.74, 6) is 1.47. The molecule has 1 aliphatic rings. The molecule has 104 valence electrons. The molecular weight excluding hydrogens is 224 g/mol. The summed E-state index contributed by atoms with van der Waals surface area (Å²) in [5.41, 5.74) is 5.63. The molecule has 0 aromatic heterocycles. The fourth-order valence-electron chi connectivity index (χ4n) is 2.46. The maximum absolute atomic E-state index is 12.2. The average Bonchev–Trinajstić information content (AvgIpc) is 3.14. The van der Waals surface area contributed by atoms with Gasteiger partial charge in [-0.3, -0.25) is 4.79 Å². The predicted molar refractivity (Wildman–Crippen MR) is 76.2 cm³/mol. The molecule has 3 nitrogen and oxygen atoms in total. The highest BCUT2D eigenvalue weighted by Gasteiger charge is 2.31. The van der Waals surface area contributed by atoms with E-state index in [1.165, 1.54) is 0 Å². The molecule has 0 aromatic carbocycles. The van der Waals surface area contributed by atoms with Crippen molar-refractivity contribution in [3.05, 3.63) is 12.7 Å². The van der Waals surface area contributed by atoms with Crippen molar-refractivity contribution in [3.63, 3.8) is 0 Å². The fourth-order valence-corrected chi connectivity index (χ4v) is 2.46. The van der Waals surface area contributed by atoms with E-state index in [4.69, 9.17) is 5.73 Å². The summed E-state index contributed by atoms with van der Waals surface area (Å²) in [5, 5.41) is 0. The van der Waals surface area contributed by atoms with Crippen molar-refractivity contribution in [3.8, 4) is 0 Å². The molecule has 1 rings (SSSR count). The largest absolute Gasteiger partial charge is 0.336 e. The number of carbonyl (C=O) groups is 1. The summed E-state index contributed by atoms with van der Waals surface area (Å²) in [6.45, 7) is 9.59. The van der Waals surface area contributed by atoms with Gasteiger partial charge in [0, 0.05) is 19.0 Å². The maximum atomic E-state index is 12.2. The van der Waals surface area contributed by atoms with Crippen LogP contribution in [-0.4, -0.2) is 29.9 Å². The lowest BCUT2D eigenvalue weighted by Gasteiger charge is -2.24. The first kappa shape index (κ1) is 15.2. The third kappa shape index (κ3) is 4.81. The first-order chi connectivity index (χ1) is 8.60. The Morgan fingerprint density at radius 1 is 1.44 bits per heavy atom. The molecule has 2 N–H and O–H groups in total. The second kappa shape index (κ2) is 7.57. The number of amides is 1. The van der Waals surface area contributed by atoms with Crippen LogP contribution in [0, 0.1) is 11.8 Å². The topological polar surface area (TPSA) is 46.3 Å². The molecule has 1 unspecified atom stereocenters. The van der Waals surface area contributed by atoms with E-state index in [9.17, 15) is 4.79 Å². The molecule has 1 amide bonds. The summed E-state index contributed by atoms with van der Waals surface area (Å²) in [4.78, 5) is 14.2. The van der Waals surface area contributed by atoms with Gasteiger partial charge in [-0.05, 0) is 44.1 Å². The van der Waals surface area contributed by atoms with E-state index in [0.29, 0.717) is 36.8 Å². The third-order valence-electron chi connectivity index (χ3n) is 3.84. The van der Waals surface area contributed by atoms with E-state index in [1.807, 2.05) is 11.0 Å². The fraction of sp³-hybridized carbons (Fsp3) is 0.800. The van der Waals surface area contributed by atoms with Crippen LogP contribution in [0.5, 0.6) is 0 Å². The summed E-state index contributed by atoms with van der Waals surface area (Å²) < 4.78 is 0. The van der Waals surface area contributed by atoms with E-state index in [2.05, 4.69) is 20.4 Å². The lowest BCUT2D eigenvalue weighted by Crippen LogP contribution is -2.33. The van der Waals surface area contributed by atoms with Crippen LogP contribution in [0.25, 0.3) is 0 Å². The Bertz CT molecular complexity index is 272. The lowest BCUT2D eigenvalue weighted by molar-refractivity contribution is -0.131. The number of rotatable bonds is 9. The summed E-state index contributed by atoms with van der Waals surface area (Å²) in [6, 6.07) is 0.488. The standard InChI is InChI=1S/C15H28N2O/c1-4-11-17(14-6-7-14)15(18)8-5-13(9-10-16)12(2)3/h4,12-14H,1,5-11,16H2,2-3H3. The van der Waals surface area contributed by atoms with Gasteiger partial charge < -0.3 is 10.6 Å². The zero-order valence-electron chi connectivity index (χ0n) is 11.9. The summed E-state index contributed by atoms with van der Waals surface area (Å²) >= 11 is 0. The Morgan fingerprint density at radius 3 is 2.56 bits per heavy atom. The predicted octanol–water partition coefficient (Wildman–Crippen LogP) is 2.56. The van der Waals surface area contributed by atoms with Crippen molar-refractivity contribution in [1.82, 2.24) is 4.90 Å². The highest BCUT2D eigenvalue weighted by molar-refractivity contribution is 5.77. The Kier molecular flexibility index (Phi) is 6.41. The normalized spacial score (nSPS) is 16.7. The van der Waals surface area contributed by atoms with E-state index in [1.54, 1.807) is 0 Å². The van der Waals surface area contributed by atoms with Gasteiger partial charge in [-0.25, -0.2) is 0 Å². The molecule has 0 spiro atoms. The van der Waals surface area contributed by atoms with Crippen molar-refractivity contribution in [2.75, 3.05) is 13.1 Å². The van der Waals surface area contributed by atoms with E-state index in [-0.39, 0.29) is 0 Å². The van der Waals surface area contributed by atoms with Crippen molar-refractivity contribution in [2.45, 2.75) is 52.0 Å². The first-order valence-corrected chi connectivity index (χ1v) is 7.20. The van der Waals surface area contributed by atoms with Gasteiger partial charge >= 0.3 is 0 Å². The van der Waals surface area contributed by atoms with Crippen molar-refractivity contribution >= 4 is 5.91 Å². The van der Waals surface area contributed by atoms with Crippen LogP contribution < -0.4 is 5.73 Å². The Labute approximate surface area is 111 Å². The second-order valence-corrected chi connectivity index (χ2v) is 5.69. The van der Waals surface area contributed by atoms with Crippen molar-refractivity contribution < 1.29 is 4.79 Å². The van der Waals surface area contributed by atoms with Crippen LogP contribution in [0.3, 0.4) is 0 Å². The molecule has 0 radical (unpaired) electrons. The van der Waals surface area contributed by atoms with Gasteiger partial charge in [0.15, 0.2) is 0 Å². The molecule has 1 fully saturated rings. The molecule has 0 saturated heterocycles. The second-order valence-electron chi connectivity index (χ2n) is 5.69. The molecule has 18 heavy (non-hydrogen) atoms. The zero-order chi connectivity index (χ0) is 13.5. The first-order valence-electron chi connectivity index (χ1n) is 7.20. The molecular formula is C15H28N2O. The van der Waals surface area contributed by atoms with Gasteiger partial charge in [-0.15, -0.1) is 6.58 Å². The van der Waals surface area contributed by atoms with Crippen LogP contribution in [0.1, 0.15) is 46.0 Å². The van der Waals surface area contributed by atoms with Crippen molar-refractivity contribution in [1.29, 1.82) is 0 Å². The molecule has 0 bridgehead atoms. The minimum absolute atomic E-state index is 0.292. The van der Waals surface area contributed by atoms with Gasteiger partial charge in [-0.2, -0.15) is 0 Å². The van der Waals surface area contributed by atoms with Gasteiger partial charge in [0.05, 0.1) is 0 Å². The van der Waals surface area contributed by atoms with Gasteiger partial charge in [0.2, 0.25) is 5.91 Å². The van der Waals surface area contributed by atoms with Gasteiger partial charge in [0.25, 0.3) is 0 Å². The lowest BCUT2D eigenvalue weighted by atomic mass is 9.88. The maximum Gasteiger partial charge on any atom is 0.223 e. The Hall–Kier alpha value is -0.830. The highest BCUT2D eigenvalue weighted by Crippen LogP contribution is 2.28. The summed E-state index contributed by atoms with van der Waals surface area (Å²) in [6.07, 6.45) is 6.80. The number of hydrogen-bond donors (Lipinski definition) is 1. The van der Waals surface area contributed by atoms with Crippen LogP contribution in [-0.2, 0) is 4.79 Å². The number of nitrogens with zero attached hydrogens (tertiary/aromatic N) is 1. The van der Waals surface area contributed by atoms with Gasteiger partial charge in [-0.1, -0.05) is 19.9 Å². The minimum Gasteiger partial charge on any atom is -0.336 e. The number of carbonyl (C=O) groups excluding carboxylic acids is 1. The number of hydrogen-bond acceptors (Lipinski definition) is 2. The minimum atomic E-state index is 0.292. The molecule has 0 aliphatic heterocycles. The SMILES string of the molecule is C=CCN(C(=O)CCC(CCN)C(C)C)C1CC1. The van der Waals surface area contributed by atoms with Crippen molar-refractivity contribution in [2.24, 2.45) is 17.6 Å².